The summed E-state index contributed by atoms with van der Waals surface area (Å²) in [5.41, 5.74) is 6.40. The fourth-order valence-corrected chi connectivity index (χ4v) is 2.21. The Hall–Kier alpha value is -0.740. The molecule has 0 aromatic carbocycles. The van der Waals surface area contributed by atoms with Gasteiger partial charge in [0.15, 0.2) is 0 Å². The molecule has 2 N–H and O–H groups in total. The first-order valence-corrected chi connectivity index (χ1v) is 5.68. The molecule has 0 aliphatic carbocycles. The van der Waals surface area contributed by atoms with E-state index in [-0.39, 0.29) is 6.04 Å². The van der Waals surface area contributed by atoms with E-state index in [0.717, 1.165) is 5.69 Å². The quantitative estimate of drug-likeness (QED) is 0.774. The topological polar surface area (TPSA) is 56.0 Å². The second-order valence-corrected chi connectivity index (χ2v) is 4.55. The van der Waals surface area contributed by atoms with E-state index >= 15 is 0 Å². The van der Waals surface area contributed by atoms with Gasteiger partial charge in [-0.15, -0.1) is 0 Å². The first kappa shape index (κ1) is 10.3. The molecule has 1 heterocycles. The molecule has 3 nitrogen and oxygen atoms in total. The minimum Gasteiger partial charge on any atom is -0.327 e. The summed E-state index contributed by atoms with van der Waals surface area (Å²) >= 11 is 0. The molecule has 0 spiro atoms. The molecule has 13 heavy (non-hydrogen) atoms. The third-order valence-corrected chi connectivity index (χ3v) is 3.00. The van der Waals surface area contributed by atoms with Crippen molar-refractivity contribution in [1.82, 2.24) is 4.98 Å². The molecule has 0 aliphatic heterocycles. The summed E-state index contributed by atoms with van der Waals surface area (Å²) in [6.07, 6.45) is 1.71. The molecular formula is C9H14N2OS. The summed E-state index contributed by atoms with van der Waals surface area (Å²) in [6.45, 7) is 1.86. The molecule has 0 bridgehead atoms. The Balaban J connectivity index is 2.46. The molecule has 0 saturated carbocycles. The monoisotopic (exact) mass is 198 g/mol. The van der Waals surface area contributed by atoms with Crippen molar-refractivity contribution in [3.8, 4) is 0 Å². The van der Waals surface area contributed by atoms with Crippen molar-refractivity contribution in [3.05, 3.63) is 30.1 Å². The highest BCUT2D eigenvalue weighted by molar-refractivity contribution is 7.84. The summed E-state index contributed by atoms with van der Waals surface area (Å²) in [7, 11) is -0.889. The molecular weight excluding hydrogens is 184 g/mol. The summed E-state index contributed by atoms with van der Waals surface area (Å²) in [4.78, 5) is 4.09. The van der Waals surface area contributed by atoms with Gasteiger partial charge in [0, 0.05) is 28.8 Å². The van der Waals surface area contributed by atoms with Gasteiger partial charge in [-0.1, -0.05) is 6.07 Å². The molecule has 4 heteroatoms. The number of nitrogens with zero attached hydrogens (tertiary/aromatic N) is 1. The summed E-state index contributed by atoms with van der Waals surface area (Å²) in [5.74, 6) is 1.04. The zero-order valence-electron chi connectivity index (χ0n) is 7.64. The average molecular weight is 198 g/mol. The average Bonchev–Trinajstić information content (AvgIpc) is 2.04. The highest BCUT2D eigenvalue weighted by Crippen LogP contribution is 1.99. The summed E-state index contributed by atoms with van der Waals surface area (Å²) < 4.78 is 11.4. The molecule has 0 fully saturated rings. The smallest absolute Gasteiger partial charge is 0.0659 e. The molecule has 2 unspecified atom stereocenters. The van der Waals surface area contributed by atoms with Gasteiger partial charge in [-0.3, -0.25) is 9.19 Å². The van der Waals surface area contributed by atoms with E-state index in [9.17, 15) is 4.21 Å². The summed E-state index contributed by atoms with van der Waals surface area (Å²) in [6, 6.07) is 5.60. The van der Waals surface area contributed by atoms with Crippen LogP contribution >= 0.6 is 0 Å². The van der Waals surface area contributed by atoms with Crippen molar-refractivity contribution in [2.45, 2.75) is 18.7 Å². The lowest BCUT2D eigenvalue weighted by Gasteiger charge is -2.04. The SMILES string of the molecule is CC(N)CS(=O)Cc1ccccn1. The van der Waals surface area contributed by atoms with Gasteiger partial charge in [-0.25, -0.2) is 0 Å². The highest BCUT2D eigenvalue weighted by atomic mass is 32.2. The van der Waals surface area contributed by atoms with E-state index in [0.29, 0.717) is 11.5 Å². The lowest BCUT2D eigenvalue weighted by atomic mass is 10.4. The van der Waals surface area contributed by atoms with Crippen LogP contribution in [0, 0.1) is 0 Å². The maximum absolute atomic E-state index is 11.4. The molecule has 2 atom stereocenters. The zero-order valence-corrected chi connectivity index (χ0v) is 8.46. The van der Waals surface area contributed by atoms with E-state index in [1.54, 1.807) is 6.20 Å². The predicted molar refractivity (Wildman–Crippen MR) is 54.6 cm³/mol. The first-order valence-electron chi connectivity index (χ1n) is 4.19. The number of pyridine rings is 1. The lowest BCUT2D eigenvalue weighted by Crippen LogP contribution is -2.23. The Bertz CT molecular complexity index is 274. The number of aromatic nitrogens is 1. The standard InChI is InChI=1S/C9H14N2OS/c1-8(10)6-13(12)7-9-4-2-3-5-11-9/h2-5,8H,6-7,10H2,1H3. The van der Waals surface area contributed by atoms with Crippen LogP contribution in [0.5, 0.6) is 0 Å². The number of hydrogen-bond acceptors (Lipinski definition) is 3. The van der Waals surface area contributed by atoms with Gasteiger partial charge in [0.1, 0.15) is 0 Å². The third kappa shape index (κ3) is 4.15. The van der Waals surface area contributed by atoms with Crippen LogP contribution in [0.15, 0.2) is 24.4 Å². The van der Waals surface area contributed by atoms with Crippen molar-refractivity contribution in [2.24, 2.45) is 5.73 Å². The van der Waals surface area contributed by atoms with Crippen LogP contribution < -0.4 is 5.73 Å². The van der Waals surface area contributed by atoms with Crippen LogP contribution in [0.2, 0.25) is 0 Å². The Morgan fingerprint density at radius 3 is 2.92 bits per heavy atom. The van der Waals surface area contributed by atoms with Gasteiger partial charge in [0.2, 0.25) is 0 Å². The molecule has 0 radical (unpaired) electrons. The minimum absolute atomic E-state index is 0.00968. The Kier molecular flexibility index (Phi) is 4.05. The van der Waals surface area contributed by atoms with Crippen molar-refractivity contribution in [1.29, 1.82) is 0 Å². The second-order valence-electron chi connectivity index (χ2n) is 3.05. The van der Waals surface area contributed by atoms with Crippen LogP contribution in [-0.2, 0) is 16.6 Å². The zero-order chi connectivity index (χ0) is 9.68. The van der Waals surface area contributed by atoms with Gasteiger partial charge in [0.05, 0.1) is 11.4 Å². The predicted octanol–water partition coefficient (Wildman–Crippen LogP) is 0.677. The van der Waals surface area contributed by atoms with E-state index in [1.165, 1.54) is 0 Å². The molecule has 0 amide bonds. The van der Waals surface area contributed by atoms with Crippen molar-refractivity contribution < 1.29 is 4.21 Å². The van der Waals surface area contributed by atoms with Crippen molar-refractivity contribution in [2.75, 3.05) is 5.75 Å². The van der Waals surface area contributed by atoms with Crippen LogP contribution in [0.1, 0.15) is 12.6 Å². The Morgan fingerprint density at radius 1 is 1.62 bits per heavy atom. The van der Waals surface area contributed by atoms with Gasteiger partial charge in [0.25, 0.3) is 0 Å². The van der Waals surface area contributed by atoms with Gasteiger partial charge >= 0.3 is 0 Å². The van der Waals surface area contributed by atoms with E-state index in [4.69, 9.17) is 5.73 Å². The summed E-state index contributed by atoms with van der Waals surface area (Å²) in [5, 5.41) is 0. The normalized spacial score (nSPS) is 15.2. The molecule has 0 saturated heterocycles. The van der Waals surface area contributed by atoms with Gasteiger partial charge < -0.3 is 5.73 Å². The van der Waals surface area contributed by atoms with Crippen molar-refractivity contribution in [3.63, 3.8) is 0 Å². The number of nitrogens with two attached hydrogens (primary N) is 1. The van der Waals surface area contributed by atoms with E-state index < -0.39 is 10.8 Å². The molecule has 1 rings (SSSR count). The van der Waals surface area contributed by atoms with E-state index in [1.807, 2.05) is 25.1 Å². The van der Waals surface area contributed by atoms with Crippen LogP contribution in [-0.4, -0.2) is 21.0 Å². The third-order valence-electron chi connectivity index (χ3n) is 1.48. The lowest BCUT2D eigenvalue weighted by molar-refractivity contribution is 0.675. The minimum atomic E-state index is -0.889. The molecule has 1 aromatic heterocycles. The molecule has 72 valence electrons. The van der Waals surface area contributed by atoms with Crippen molar-refractivity contribution >= 4 is 10.8 Å². The second kappa shape index (κ2) is 5.09. The van der Waals surface area contributed by atoms with Crippen LogP contribution in [0.25, 0.3) is 0 Å². The fraction of sp³-hybridized carbons (Fsp3) is 0.444. The maximum atomic E-state index is 11.4. The Labute approximate surface area is 80.8 Å². The maximum Gasteiger partial charge on any atom is 0.0659 e. The van der Waals surface area contributed by atoms with E-state index in [2.05, 4.69) is 4.98 Å². The Morgan fingerprint density at radius 2 is 2.38 bits per heavy atom. The largest absolute Gasteiger partial charge is 0.327 e. The first-order chi connectivity index (χ1) is 6.18. The van der Waals surface area contributed by atoms with Gasteiger partial charge in [-0.05, 0) is 19.1 Å². The fourth-order valence-electron chi connectivity index (χ4n) is 1.00. The van der Waals surface area contributed by atoms with Crippen LogP contribution in [0.4, 0.5) is 0 Å². The number of hydrogen-bond donors (Lipinski definition) is 1. The molecule has 0 aliphatic rings. The highest BCUT2D eigenvalue weighted by Gasteiger charge is 2.04. The molecule has 1 aromatic rings. The van der Waals surface area contributed by atoms with Crippen LogP contribution in [0.3, 0.4) is 0 Å². The number of rotatable bonds is 4. The van der Waals surface area contributed by atoms with Gasteiger partial charge in [-0.2, -0.15) is 0 Å².